The Morgan fingerprint density at radius 1 is 1.24 bits per heavy atom. The smallest absolute Gasteiger partial charge is 0.326 e. The van der Waals surface area contributed by atoms with Gasteiger partial charge >= 0.3 is 11.9 Å². The van der Waals surface area contributed by atoms with E-state index in [0.717, 1.165) is 5.69 Å². The summed E-state index contributed by atoms with van der Waals surface area (Å²) in [6.07, 6.45) is -1.40. The number of amides is 2. The molecule has 13 nitrogen and oxygen atoms in total. The second kappa shape index (κ2) is 10.6. The fourth-order valence-corrected chi connectivity index (χ4v) is 3.90. The van der Waals surface area contributed by atoms with Gasteiger partial charge in [0.1, 0.15) is 18.4 Å². The first-order valence-electron chi connectivity index (χ1n) is 10.5. The lowest BCUT2D eigenvalue weighted by atomic mass is 10.0. The van der Waals surface area contributed by atoms with Crippen molar-refractivity contribution < 1.29 is 29.4 Å². The second-order valence-electron chi connectivity index (χ2n) is 8.06. The highest BCUT2D eigenvalue weighted by Crippen LogP contribution is 2.16. The van der Waals surface area contributed by atoms with Gasteiger partial charge in [-0.1, -0.05) is 0 Å². The molecule has 2 fully saturated rings. The summed E-state index contributed by atoms with van der Waals surface area (Å²) in [5.74, 6) is -3.18. The van der Waals surface area contributed by atoms with Crippen molar-refractivity contribution in [2.24, 2.45) is 5.73 Å². The van der Waals surface area contributed by atoms with E-state index in [1.165, 1.54) is 0 Å². The van der Waals surface area contributed by atoms with Crippen LogP contribution < -0.4 is 32.3 Å². The molecule has 2 heterocycles. The normalized spacial score (nSPS) is 25.9. The maximum atomic E-state index is 12.3. The molecule has 180 valence electrons. The molecule has 0 spiro atoms. The summed E-state index contributed by atoms with van der Waals surface area (Å²) in [5, 5.41) is 32.6. The van der Waals surface area contributed by atoms with Crippen LogP contribution in [0, 0.1) is 0 Å². The number of carboxylic acid groups (broad SMARTS) is 2. The number of anilines is 1. The first kappa shape index (κ1) is 24.4. The van der Waals surface area contributed by atoms with Crippen LogP contribution >= 0.6 is 0 Å². The lowest BCUT2D eigenvalue weighted by Crippen LogP contribution is -2.78. The number of hydrogen-bond acceptors (Lipinski definition) is 9. The average molecular weight is 463 g/mol. The summed E-state index contributed by atoms with van der Waals surface area (Å²) in [5.41, 5.74) is 6.75. The lowest BCUT2D eigenvalue weighted by molar-refractivity contribution is -0.140. The fourth-order valence-electron chi connectivity index (χ4n) is 3.90. The van der Waals surface area contributed by atoms with Crippen molar-refractivity contribution in [2.45, 2.75) is 43.4 Å². The van der Waals surface area contributed by atoms with Crippen LogP contribution in [-0.2, 0) is 14.4 Å². The highest BCUT2D eigenvalue weighted by atomic mass is 16.4. The Balaban J connectivity index is 1.53. The van der Waals surface area contributed by atoms with E-state index in [2.05, 4.69) is 26.6 Å². The molecule has 0 radical (unpaired) electrons. The minimum Gasteiger partial charge on any atom is -0.481 e. The number of fused-ring (bicyclic) bond motifs is 1. The Labute approximate surface area is 190 Å². The van der Waals surface area contributed by atoms with Crippen molar-refractivity contribution in [1.29, 1.82) is 0 Å². The molecule has 5 unspecified atom stereocenters. The number of aliphatic carboxylic acids is 2. The Morgan fingerprint density at radius 2 is 1.94 bits per heavy atom. The minimum atomic E-state index is -1.29. The van der Waals surface area contributed by atoms with Crippen molar-refractivity contribution in [3.63, 3.8) is 0 Å². The van der Waals surface area contributed by atoms with Gasteiger partial charge in [-0.3, -0.25) is 35.7 Å². The zero-order valence-electron chi connectivity index (χ0n) is 18.1. The largest absolute Gasteiger partial charge is 0.481 e. The first-order chi connectivity index (χ1) is 15.7. The number of hydrogen-bond donors (Lipinski definition) is 8. The van der Waals surface area contributed by atoms with Gasteiger partial charge in [0.05, 0.1) is 6.17 Å². The van der Waals surface area contributed by atoms with E-state index >= 15 is 0 Å². The van der Waals surface area contributed by atoms with Crippen LogP contribution in [0.4, 0.5) is 5.69 Å². The van der Waals surface area contributed by atoms with Crippen LogP contribution in [0.5, 0.6) is 0 Å². The molecular weight excluding hydrogens is 434 g/mol. The molecule has 5 atom stereocenters. The van der Waals surface area contributed by atoms with E-state index in [4.69, 9.17) is 10.8 Å². The van der Waals surface area contributed by atoms with Crippen molar-refractivity contribution in [2.75, 3.05) is 25.5 Å². The summed E-state index contributed by atoms with van der Waals surface area (Å²) >= 11 is 0. The van der Waals surface area contributed by atoms with Gasteiger partial charge in [-0.15, -0.1) is 0 Å². The van der Waals surface area contributed by atoms with Crippen LogP contribution in [0.2, 0.25) is 0 Å². The number of carbonyl (C=O) groups excluding carboxylic acids is 2. The number of carbonyl (C=O) groups is 4. The fraction of sp³-hybridized carbons (Fsp3) is 0.500. The third-order valence-corrected chi connectivity index (χ3v) is 5.77. The van der Waals surface area contributed by atoms with Gasteiger partial charge < -0.3 is 26.2 Å². The molecule has 2 aliphatic heterocycles. The lowest BCUT2D eigenvalue weighted by Gasteiger charge is -2.47. The van der Waals surface area contributed by atoms with Crippen molar-refractivity contribution in [1.82, 2.24) is 26.2 Å². The van der Waals surface area contributed by atoms with E-state index in [9.17, 15) is 24.3 Å². The first-order valence-corrected chi connectivity index (χ1v) is 10.5. The van der Waals surface area contributed by atoms with Gasteiger partial charge in [0.25, 0.3) is 5.91 Å². The van der Waals surface area contributed by atoms with Crippen LogP contribution in [0.25, 0.3) is 0 Å². The molecular formula is C20H29N7O6. The van der Waals surface area contributed by atoms with E-state index in [1.807, 2.05) is 11.9 Å². The molecule has 1 aromatic rings. The Bertz CT molecular complexity index is 895. The van der Waals surface area contributed by atoms with Gasteiger partial charge in [0.2, 0.25) is 5.91 Å². The molecule has 2 saturated heterocycles. The van der Waals surface area contributed by atoms with E-state index < -0.39 is 36.2 Å². The quantitative estimate of drug-likeness (QED) is 0.196. The molecule has 13 heteroatoms. The molecule has 9 N–H and O–H groups in total. The van der Waals surface area contributed by atoms with Gasteiger partial charge in [-0.2, -0.15) is 0 Å². The van der Waals surface area contributed by atoms with Crippen molar-refractivity contribution in [3.8, 4) is 0 Å². The third kappa shape index (κ3) is 6.16. The summed E-state index contributed by atoms with van der Waals surface area (Å²) in [6.45, 7) is 1.17. The van der Waals surface area contributed by atoms with Crippen LogP contribution in [0.3, 0.4) is 0 Å². The van der Waals surface area contributed by atoms with E-state index in [0.29, 0.717) is 13.1 Å². The molecule has 0 bridgehead atoms. The molecule has 2 amide bonds. The molecule has 0 saturated carbocycles. The predicted octanol–water partition coefficient (Wildman–Crippen LogP) is -2.29. The SMILES string of the molecule is CN1C(CNc2ccc(C(=O)NC(CCC(=O)O)C(=O)O)cc2)CNC2NC(N)NC(=O)C21. The van der Waals surface area contributed by atoms with Crippen molar-refractivity contribution >= 4 is 29.4 Å². The number of rotatable bonds is 9. The molecule has 2 aliphatic rings. The highest BCUT2D eigenvalue weighted by Gasteiger charge is 2.43. The molecule has 33 heavy (non-hydrogen) atoms. The van der Waals surface area contributed by atoms with Gasteiger partial charge in [0, 0.05) is 36.8 Å². The molecule has 3 rings (SSSR count). The summed E-state index contributed by atoms with van der Waals surface area (Å²) in [4.78, 5) is 48.6. The van der Waals surface area contributed by atoms with Gasteiger partial charge in [0.15, 0.2) is 0 Å². The highest BCUT2D eigenvalue weighted by molar-refractivity contribution is 5.97. The van der Waals surface area contributed by atoms with Crippen LogP contribution in [-0.4, -0.2) is 89.6 Å². The van der Waals surface area contributed by atoms with Gasteiger partial charge in [-0.25, -0.2) is 4.79 Å². The maximum Gasteiger partial charge on any atom is 0.326 e. The van der Waals surface area contributed by atoms with Gasteiger partial charge in [-0.05, 0) is 37.7 Å². The zero-order chi connectivity index (χ0) is 24.1. The van der Waals surface area contributed by atoms with Crippen molar-refractivity contribution in [3.05, 3.63) is 29.8 Å². The topological polar surface area (TPSA) is 198 Å². The maximum absolute atomic E-state index is 12.3. The number of nitrogens with zero attached hydrogens (tertiary/aromatic N) is 1. The minimum absolute atomic E-state index is 0.0154. The summed E-state index contributed by atoms with van der Waals surface area (Å²) in [6, 6.07) is 4.80. The number of carboxylic acids is 2. The average Bonchev–Trinajstić information content (AvgIpc) is 2.75. The number of likely N-dealkylation sites (N-methyl/N-ethyl adjacent to an activating group) is 1. The van der Waals surface area contributed by atoms with Crippen LogP contribution in [0.15, 0.2) is 24.3 Å². The summed E-state index contributed by atoms with van der Waals surface area (Å²) in [7, 11) is 1.87. The zero-order valence-corrected chi connectivity index (χ0v) is 18.1. The predicted molar refractivity (Wildman–Crippen MR) is 117 cm³/mol. The molecule has 0 aromatic heterocycles. The number of benzene rings is 1. The molecule has 1 aromatic carbocycles. The number of nitrogens with one attached hydrogen (secondary N) is 5. The number of piperazine rings is 1. The summed E-state index contributed by atoms with van der Waals surface area (Å²) < 4.78 is 0. The Morgan fingerprint density at radius 3 is 2.58 bits per heavy atom. The Hall–Kier alpha value is -3.26. The third-order valence-electron chi connectivity index (χ3n) is 5.77. The second-order valence-corrected chi connectivity index (χ2v) is 8.06. The molecule has 0 aliphatic carbocycles. The van der Waals surface area contributed by atoms with Crippen LogP contribution in [0.1, 0.15) is 23.2 Å². The number of nitrogens with two attached hydrogens (primary N) is 1. The van der Waals surface area contributed by atoms with E-state index in [1.54, 1.807) is 24.3 Å². The van der Waals surface area contributed by atoms with E-state index in [-0.39, 0.29) is 36.5 Å². The monoisotopic (exact) mass is 463 g/mol. The standard InChI is InChI=1S/C20H29N7O6/c1-27-12(9-23-16-15(27)18(31)26-20(21)25-16)8-22-11-4-2-10(3-5-11)17(30)24-13(19(32)33)6-7-14(28)29/h2-5,12-13,15-16,20,22-23,25H,6-9,21H2,1H3,(H,24,30)(H,26,31)(H,28,29)(H,32,33). The Kier molecular flexibility index (Phi) is 7.81.